The van der Waals surface area contributed by atoms with Gasteiger partial charge in [0.15, 0.2) is 17.2 Å². The van der Waals surface area contributed by atoms with Crippen LogP contribution >= 0.6 is 0 Å². The number of rotatable bonds is 9. The van der Waals surface area contributed by atoms with E-state index in [1.165, 1.54) is 0 Å². The molecule has 3 N–H and O–H groups in total. The summed E-state index contributed by atoms with van der Waals surface area (Å²) in [4.78, 5) is 12.7. The smallest absolute Gasteiger partial charge is 0.272 e. The minimum Gasteiger partial charge on any atom is -0.493 e. The van der Waals surface area contributed by atoms with Gasteiger partial charge in [-0.15, -0.1) is 0 Å². The maximum Gasteiger partial charge on any atom is 0.272 e. The number of amides is 1. The Morgan fingerprint density at radius 2 is 2.18 bits per heavy atom. The zero-order valence-electron chi connectivity index (χ0n) is 16.9. The van der Waals surface area contributed by atoms with Gasteiger partial charge >= 0.3 is 0 Å². The summed E-state index contributed by atoms with van der Waals surface area (Å²) in [7, 11) is 1.63. The first-order valence-corrected chi connectivity index (χ1v) is 10.0. The number of unbranched alkanes of at least 4 members (excludes halogenated alkanes) is 2. The van der Waals surface area contributed by atoms with Crippen LogP contribution in [0.15, 0.2) is 18.2 Å². The van der Waals surface area contributed by atoms with Crippen LogP contribution in [0.5, 0.6) is 11.5 Å². The molecular weight excluding hydrogens is 356 g/mol. The molecule has 1 aromatic heterocycles. The van der Waals surface area contributed by atoms with E-state index in [0.717, 1.165) is 54.8 Å². The van der Waals surface area contributed by atoms with E-state index in [1.54, 1.807) is 7.11 Å². The van der Waals surface area contributed by atoms with E-state index in [0.29, 0.717) is 24.6 Å². The van der Waals surface area contributed by atoms with Gasteiger partial charge in [0, 0.05) is 30.8 Å². The highest BCUT2D eigenvalue weighted by atomic mass is 16.5. The summed E-state index contributed by atoms with van der Waals surface area (Å²) >= 11 is 0. The molecule has 2 heterocycles. The number of H-pyrrole nitrogens is 1. The molecule has 0 saturated heterocycles. The number of fused-ring (bicyclic) bond motifs is 1. The lowest BCUT2D eigenvalue weighted by Gasteiger charge is -2.18. The average molecular weight is 386 g/mol. The van der Waals surface area contributed by atoms with Gasteiger partial charge in [-0.05, 0) is 31.0 Å². The first kappa shape index (κ1) is 20.2. The van der Waals surface area contributed by atoms with Gasteiger partial charge in [0.05, 0.1) is 19.8 Å². The van der Waals surface area contributed by atoms with E-state index in [9.17, 15) is 4.79 Å². The lowest BCUT2D eigenvalue weighted by Crippen LogP contribution is -2.30. The predicted molar refractivity (Wildman–Crippen MR) is 108 cm³/mol. The normalized spacial score (nSPS) is 14.2. The Bertz CT molecular complexity index is 803. The molecule has 0 fully saturated rings. The Hall–Kier alpha value is -2.54. The van der Waals surface area contributed by atoms with Crippen LogP contribution in [0.2, 0.25) is 0 Å². The van der Waals surface area contributed by atoms with E-state index in [2.05, 4.69) is 27.8 Å². The largest absolute Gasteiger partial charge is 0.493 e. The first-order chi connectivity index (χ1) is 13.6. The number of carbonyl (C=O) groups is 1. The fourth-order valence-corrected chi connectivity index (χ4v) is 3.37. The number of ether oxygens (including phenoxy) is 2. The van der Waals surface area contributed by atoms with Crippen molar-refractivity contribution >= 4 is 5.91 Å². The Kier molecular flexibility index (Phi) is 6.92. The number of methoxy groups -OCH3 is 1. The molecular formula is C21H30N4O3. The van der Waals surface area contributed by atoms with Crippen molar-refractivity contribution in [1.29, 1.82) is 0 Å². The summed E-state index contributed by atoms with van der Waals surface area (Å²) in [6.07, 6.45) is 4.20. The van der Waals surface area contributed by atoms with Gasteiger partial charge in [-0.25, -0.2) is 0 Å². The first-order valence-electron chi connectivity index (χ1n) is 10.0. The van der Waals surface area contributed by atoms with Crippen LogP contribution in [0.1, 0.15) is 66.5 Å². The fourth-order valence-electron chi connectivity index (χ4n) is 3.37. The number of benzene rings is 1. The van der Waals surface area contributed by atoms with Gasteiger partial charge in [0.25, 0.3) is 5.91 Å². The van der Waals surface area contributed by atoms with Crippen LogP contribution in [0.3, 0.4) is 0 Å². The standard InChI is InChI=1S/C21H30N4O3/c1-4-5-6-11-28-18-8-7-15(12-19(18)27-3)14(2)23-21(26)20-16-13-22-10-9-17(16)24-25-20/h7-8,12,14,22H,4-6,9-11,13H2,1-3H3,(H,23,26)(H,24,25). The highest BCUT2D eigenvalue weighted by Gasteiger charge is 2.23. The van der Waals surface area contributed by atoms with Gasteiger partial charge in [-0.1, -0.05) is 25.8 Å². The van der Waals surface area contributed by atoms with Gasteiger partial charge < -0.3 is 20.1 Å². The molecule has 0 aliphatic carbocycles. The number of hydrogen-bond acceptors (Lipinski definition) is 5. The Morgan fingerprint density at radius 1 is 1.32 bits per heavy atom. The number of carbonyl (C=O) groups excluding carboxylic acids is 1. The third-order valence-corrected chi connectivity index (χ3v) is 5.06. The van der Waals surface area contributed by atoms with Crippen molar-refractivity contribution in [2.24, 2.45) is 0 Å². The number of aromatic nitrogens is 2. The van der Waals surface area contributed by atoms with Crippen LogP contribution in [0, 0.1) is 0 Å². The lowest BCUT2D eigenvalue weighted by molar-refractivity contribution is 0.0933. The lowest BCUT2D eigenvalue weighted by atomic mass is 10.1. The van der Waals surface area contributed by atoms with Crippen LogP contribution < -0.4 is 20.1 Å². The highest BCUT2D eigenvalue weighted by molar-refractivity contribution is 5.94. The van der Waals surface area contributed by atoms with Crippen molar-refractivity contribution in [3.8, 4) is 11.5 Å². The molecule has 1 amide bonds. The molecule has 1 aliphatic heterocycles. The molecule has 1 unspecified atom stereocenters. The van der Waals surface area contributed by atoms with Crippen molar-refractivity contribution in [3.05, 3.63) is 40.7 Å². The second-order valence-corrected chi connectivity index (χ2v) is 7.12. The fraction of sp³-hybridized carbons (Fsp3) is 0.524. The van der Waals surface area contributed by atoms with Gasteiger partial charge in [0.1, 0.15) is 0 Å². The molecule has 0 bridgehead atoms. The molecule has 3 rings (SSSR count). The third kappa shape index (κ3) is 4.65. The predicted octanol–water partition coefficient (Wildman–Crippen LogP) is 3.12. The zero-order chi connectivity index (χ0) is 19.9. The summed E-state index contributed by atoms with van der Waals surface area (Å²) in [5, 5.41) is 13.5. The van der Waals surface area contributed by atoms with Crippen molar-refractivity contribution < 1.29 is 14.3 Å². The zero-order valence-corrected chi connectivity index (χ0v) is 16.9. The second kappa shape index (κ2) is 9.59. The topological polar surface area (TPSA) is 88.3 Å². The minimum absolute atomic E-state index is 0.174. The summed E-state index contributed by atoms with van der Waals surface area (Å²) in [5.74, 6) is 1.23. The van der Waals surface area contributed by atoms with E-state index in [-0.39, 0.29) is 11.9 Å². The molecule has 1 aromatic carbocycles. The highest BCUT2D eigenvalue weighted by Crippen LogP contribution is 2.30. The molecule has 0 saturated carbocycles. The maximum atomic E-state index is 12.7. The molecule has 7 nitrogen and oxygen atoms in total. The van der Waals surface area contributed by atoms with Crippen LogP contribution in [-0.4, -0.2) is 36.4 Å². The molecule has 7 heteroatoms. The van der Waals surface area contributed by atoms with E-state index < -0.39 is 0 Å². The quantitative estimate of drug-likeness (QED) is 0.576. The Labute approximate surface area is 166 Å². The van der Waals surface area contributed by atoms with Crippen LogP contribution in [0.25, 0.3) is 0 Å². The summed E-state index contributed by atoms with van der Waals surface area (Å²) < 4.78 is 11.3. The van der Waals surface area contributed by atoms with E-state index >= 15 is 0 Å². The van der Waals surface area contributed by atoms with Crippen molar-refractivity contribution in [3.63, 3.8) is 0 Å². The molecule has 1 atom stereocenters. The monoisotopic (exact) mass is 386 g/mol. The van der Waals surface area contributed by atoms with E-state index in [1.807, 2.05) is 25.1 Å². The van der Waals surface area contributed by atoms with Crippen molar-refractivity contribution in [1.82, 2.24) is 20.8 Å². The molecule has 1 aliphatic rings. The molecule has 2 aromatic rings. The summed E-state index contributed by atoms with van der Waals surface area (Å²) in [5.41, 5.74) is 3.43. The van der Waals surface area contributed by atoms with E-state index in [4.69, 9.17) is 9.47 Å². The molecule has 152 valence electrons. The number of hydrogen-bond donors (Lipinski definition) is 3. The Morgan fingerprint density at radius 3 is 2.96 bits per heavy atom. The van der Waals surface area contributed by atoms with Gasteiger partial charge in [0.2, 0.25) is 0 Å². The van der Waals surface area contributed by atoms with Crippen molar-refractivity contribution in [2.75, 3.05) is 20.3 Å². The van der Waals surface area contributed by atoms with Crippen molar-refractivity contribution in [2.45, 2.75) is 52.1 Å². The summed E-state index contributed by atoms with van der Waals surface area (Å²) in [6.45, 7) is 6.36. The Balaban J connectivity index is 1.65. The van der Waals surface area contributed by atoms with Gasteiger partial charge in [-0.2, -0.15) is 5.10 Å². The molecule has 0 radical (unpaired) electrons. The average Bonchev–Trinajstić information content (AvgIpc) is 3.15. The number of aromatic amines is 1. The number of nitrogens with zero attached hydrogens (tertiary/aromatic N) is 1. The maximum absolute atomic E-state index is 12.7. The van der Waals surface area contributed by atoms with Crippen LogP contribution in [0.4, 0.5) is 0 Å². The third-order valence-electron chi connectivity index (χ3n) is 5.06. The van der Waals surface area contributed by atoms with Crippen LogP contribution in [-0.2, 0) is 13.0 Å². The molecule has 28 heavy (non-hydrogen) atoms. The second-order valence-electron chi connectivity index (χ2n) is 7.12. The summed E-state index contributed by atoms with van der Waals surface area (Å²) in [6, 6.07) is 5.61. The minimum atomic E-state index is -0.181. The van der Waals surface area contributed by atoms with Gasteiger partial charge in [-0.3, -0.25) is 9.89 Å². The molecule has 0 spiro atoms. The number of nitrogens with one attached hydrogen (secondary N) is 3. The SMILES string of the molecule is CCCCCOc1ccc(C(C)NC(=O)c2n[nH]c3c2CNCC3)cc1OC.